The van der Waals surface area contributed by atoms with Gasteiger partial charge in [0.15, 0.2) is 0 Å². The quantitative estimate of drug-likeness (QED) is 0.799. The summed E-state index contributed by atoms with van der Waals surface area (Å²) >= 11 is 1.70. The molecule has 0 bridgehead atoms. The summed E-state index contributed by atoms with van der Waals surface area (Å²) in [5.74, 6) is 0.965. The van der Waals surface area contributed by atoms with Crippen LogP contribution in [0.25, 0.3) is 0 Å². The maximum atomic E-state index is 6.14. The summed E-state index contributed by atoms with van der Waals surface area (Å²) in [6, 6.07) is 0. The van der Waals surface area contributed by atoms with Crippen LogP contribution in [-0.4, -0.2) is 48.8 Å². The van der Waals surface area contributed by atoms with Gasteiger partial charge in [0.2, 0.25) is 0 Å². The van der Waals surface area contributed by atoms with Crippen LogP contribution in [0.3, 0.4) is 0 Å². The highest BCUT2D eigenvalue weighted by Gasteiger charge is 2.46. The van der Waals surface area contributed by atoms with Crippen molar-refractivity contribution in [1.29, 1.82) is 0 Å². The Labute approximate surface area is 143 Å². The number of hydrogen-bond donors (Lipinski definition) is 0. The molecule has 1 saturated carbocycles. The second kappa shape index (κ2) is 6.79. The Morgan fingerprint density at radius 2 is 2.35 bits per heavy atom. The smallest absolute Gasteiger partial charge is 0.0898 e. The van der Waals surface area contributed by atoms with Gasteiger partial charge in [-0.2, -0.15) is 0 Å². The van der Waals surface area contributed by atoms with Crippen molar-refractivity contribution in [3.05, 3.63) is 16.1 Å². The highest BCUT2D eigenvalue weighted by Crippen LogP contribution is 2.42. The fourth-order valence-electron chi connectivity index (χ4n) is 4.25. The average molecular weight is 337 g/mol. The predicted octanol–water partition coefficient (Wildman–Crippen LogP) is 3.25. The topological polar surface area (TPSA) is 34.6 Å². The minimum atomic E-state index is 0.205. The first kappa shape index (κ1) is 16.0. The van der Waals surface area contributed by atoms with Crippen molar-refractivity contribution >= 4 is 11.3 Å². The molecular formula is C18H28N2O2S. The van der Waals surface area contributed by atoms with Crippen LogP contribution in [0.2, 0.25) is 0 Å². The van der Waals surface area contributed by atoms with Crippen LogP contribution in [0.5, 0.6) is 0 Å². The molecule has 2 saturated heterocycles. The van der Waals surface area contributed by atoms with Crippen LogP contribution in [0.4, 0.5) is 0 Å². The predicted molar refractivity (Wildman–Crippen MR) is 91.7 cm³/mol. The molecule has 3 aliphatic rings. The second-order valence-electron chi connectivity index (χ2n) is 7.64. The Balaban J connectivity index is 1.37. The van der Waals surface area contributed by atoms with E-state index in [2.05, 4.69) is 22.2 Å². The Bertz CT molecular complexity index is 531. The number of thiazole rings is 1. The van der Waals surface area contributed by atoms with E-state index in [9.17, 15) is 0 Å². The number of piperidine rings is 1. The van der Waals surface area contributed by atoms with Crippen LogP contribution in [0.1, 0.15) is 42.8 Å². The Hall–Kier alpha value is -0.490. The first-order valence-corrected chi connectivity index (χ1v) is 9.94. The van der Waals surface area contributed by atoms with E-state index in [0.29, 0.717) is 12.7 Å². The summed E-state index contributed by atoms with van der Waals surface area (Å²) in [5.41, 5.74) is 1.28. The van der Waals surface area contributed by atoms with Crippen molar-refractivity contribution in [1.82, 2.24) is 9.88 Å². The lowest BCUT2D eigenvalue weighted by Crippen LogP contribution is -2.57. The summed E-state index contributed by atoms with van der Waals surface area (Å²) in [6.45, 7) is 8.09. The summed E-state index contributed by atoms with van der Waals surface area (Å²) < 4.78 is 12.3. The van der Waals surface area contributed by atoms with Gasteiger partial charge < -0.3 is 14.4 Å². The fourth-order valence-corrected chi connectivity index (χ4v) is 4.85. The van der Waals surface area contributed by atoms with Gasteiger partial charge in [-0.1, -0.05) is 0 Å². The molecule has 128 valence electrons. The summed E-state index contributed by atoms with van der Waals surface area (Å²) in [6.07, 6.45) is 6.85. The lowest BCUT2D eigenvalue weighted by molar-refractivity contribution is -0.155. The van der Waals surface area contributed by atoms with Crippen LogP contribution >= 0.6 is 11.3 Å². The lowest BCUT2D eigenvalue weighted by Gasteiger charge is -2.50. The van der Waals surface area contributed by atoms with E-state index < -0.39 is 0 Å². The van der Waals surface area contributed by atoms with E-state index in [1.807, 2.05) is 0 Å². The number of nitrogens with zero attached hydrogens (tertiary/aromatic N) is 2. The normalized spacial score (nSPS) is 32.0. The van der Waals surface area contributed by atoms with Gasteiger partial charge in [0.25, 0.3) is 0 Å². The molecule has 1 aromatic rings. The highest BCUT2D eigenvalue weighted by atomic mass is 32.1. The van der Waals surface area contributed by atoms with Gasteiger partial charge >= 0.3 is 0 Å². The van der Waals surface area contributed by atoms with E-state index in [-0.39, 0.29) is 5.41 Å². The number of rotatable bonds is 6. The number of likely N-dealkylation sites (tertiary alicyclic amines) is 1. The Morgan fingerprint density at radius 3 is 3.13 bits per heavy atom. The van der Waals surface area contributed by atoms with Crippen LogP contribution in [0.15, 0.2) is 5.38 Å². The van der Waals surface area contributed by atoms with Gasteiger partial charge in [-0.25, -0.2) is 4.98 Å². The molecule has 0 N–H and O–H groups in total. The lowest BCUT2D eigenvalue weighted by atomic mass is 9.73. The molecule has 23 heavy (non-hydrogen) atoms. The molecule has 3 fully saturated rings. The monoisotopic (exact) mass is 336 g/mol. The molecule has 1 aromatic heterocycles. The third-order valence-electron chi connectivity index (χ3n) is 5.59. The zero-order chi connectivity index (χ0) is 15.7. The van der Waals surface area contributed by atoms with Crippen LogP contribution in [-0.2, 0) is 16.1 Å². The zero-order valence-electron chi connectivity index (χ0n) is 14.1. The molecule has 0 unspecified atom stereocenters. The Morgan fingerprint density at radius 1 is 1.43 bits per heavy atom. The van der Waals surface area contributed by atoms with Gasteiger partial charge in [-0.05, 0) is 44.9 Å². The molecule has 0 amide bonds. The second-order valence-corrected chi connectivity index (χ2v) is 8.71. The standard InChI is InChI=1S/C18H28N2O2S/c1-14-19-16(11-23-14)10-21-13-18-6-2-8-22-17(18)5-7-20(12-18)9-15-3-4-15/h11,15,17H,2-10,12-13H2,1H3/t17-,18+/m0/s1. The molecule has 1 aliphatic carbocycles. The molecule has 2 aliphatic heterocycles. The molecular weight excluding hydrogens is 308 g/mol. The summed E-state index contributed by atoms with van der Waals surface area (Å²) in [4.78, 5) is 7.19. The highest BCUT2D eigenvalue weighted by molar-refractivity contribution is 7.09. The molecule has 0 aromatic carbocycles. The molecule has 5 heteroatoms. The molecule has 0 spiro atoms. The van der Waals surface area contributed by atoms with Crippen molar-refractivity contribution < 1.29 is 9.47 Å². The number of aryl methyl sites for hydroxylation is 1. The zero-order valence-corrected chi connectivity index (χ0v) is 14.9. The first-order chi connectivity index (χ1) is 11.2. The summed E-state index contributed by atoms with van der Waals surface area (Å²) in [7, 11) is 0. The average Bonchev–Trinajstić information content (AvgIpc) is 3.27. The third-order valence-corrected chi connectivity index (χ3v) is 6.41. The van der Waals surface area contributed by atoms with Crippen molar-refractivity contribution in [2.45, 2.75) is 51.7 Å². The molecule has 2 atom stereocenters. The van der Waals surface area contributed by atoms with E-state index >= 15 is 0 Å². The van der Waals surface area contributed by atoms with Gasteiger partial charge in [0.1, 0.15) is 0 Å². The number of fused-ring (bicyclic) bond motifs is 1. The largest absolute Gasteiger partial charge is 0.377 e. The van der Waals surface area contributed by atoms with Crippen LogP contribution < -0.4 is 0 Å². The number of aromatic nitrogens is 1. The maximum absolute atomic E-state index is 6.14. The van der Waals surface area contributed by atoms with Gasteiger partial charge in [0.05, 0.1) is 30.0 Å². The van der Waals surface area contributed by atoms with E-state index in [4.69, 9.17) is 9.47 Å². The molecule has 3 heterocycles. The van der Waals surface area contributed by atoms with Crippen LogP contribution in [0, 0.1) is 18.3 Å². The van der Waals surface area contributed by atoms with Crippen molar-refractivity contribution in [3.63, 3.8) is 0 Å². The van der Waals surface area contributed by atoms with E-state index in [1.165, 1.54) is 45.2 Å². The minimum absolute atomic E-state index is 0.205. The fraction of sp³-hybridized carbons (Fsp3) is 0.833. The van der Waals surface area contributed by atoms with Gasteiger partial charge in [0, 0.05) is 37.0 Å². The SMILES string of the molecule is Cc1nc(COC[C@]23CCCO[C@H]2CCN(CC2CC2)C3)cs1. The molecule has 4 nitrogen and oxygen atoms in total. The number of ether oxygens (including phenoxy) is 2. The molecule has 0 radical (unpaired) electrons. The third kappa shape index (κ3) is 3.78. The first-order valence-electron chi connectivity index (χ1n) is 9.06. The van der Waals surface area contributed by atoms with E-state index in [1.54, 1.807) is 11.3 Å². The minimum Gasteiger partial charge on any atom is -0.377 e. The van der Waals surface area contributed by atoms with Gasteiger partial charge in [-0.3, -0.25) is 0 Å². The van der Waals surface area contributed by atoms with Crippen molar-refractivity contribution in [2.75, 3.05) is 32.8 Å². The van der Waals surface area contributed by atoms with E-state index in [0.717, 1.165) is 36.4 Å². The number of hydrogen-bond acceptors (Lipinski definition) is 5. The molecule has 4 rings (SSSR count). The van der Waals surface area contributed by atoms with Gasteiger partial charge in [-0.15, -0.1) is 11.3 Å². The van der Waals surface area contributed by atoms with Crippen molar-refractivity contribution in [2.24, 2.45) is 11.3 Å². The van der Waals surface area contributed by atoms with Crippen molar-refractivity contribution in [3.8, 4) is 0 Å². The maximum Gasteiger partial charge on any atom is 0.0898 e. The summed E-state index contributed by atoms with van der Waals surface area (Å²) in [5, 5.41) is 3.23. The Kier molecular flexibility index (Phi) is 4.72.